The van der Waals surface area contributed by atoms with E-state index in [9.17, 15) is 0 Å². The predicted octanol–water partition coefficient (Wildman–Crippen LogP) is 1.92. The van der Waals surface area contributed by atoms with Crippen LogP contribution >= 0.6 is 11.8 Å². The molecule has 0 aliphatic carbocycles. The fraction of sp³-hybridized carbons (Fsp3) is 1.00. The summed E-state index contributed by atoms with van der Waals surface area (Å²) < 4.78 is 0. The highest BCUT2D eigenvalue weighted by Gasteiger charge is 2.11. The van der Waals surface area contributed by atoms with Gasteiger partial charge in [-0.05, 0) is 26.6 Å². The summed E-state index contributed by atoms with van der Waals surface area (Å²) in [6, 6.07) is 0.673. The number of hydrogen-bond donors (Lipinski definition) is 1. The van der Waals surface area contributed by atoms with Crippen LogP contribution in [0.5, 0.6) is 0 Å². The van der Waals surface area contributed by atoms with Crippen LogP contribution in [-0.2, 0) is 0 Å². The first-order valence-electron chi connectivity index (χ1n) is 5.53. The maximum absolute atomic E-state index is 3.54. The zero-order valence-electron chi connectivity index (χ0n) is 10.3. The Morgan fingerprint density at radius 2 is 1.93 bits per heavy atom. The highest BCUT2D eigenvalue weighted by molar-refractivity contribution is 7.99. The summed E-state index contributed by atoms with van der Waals surface area (Å²) in [5, 5.41) is 3.54. The van der Waals surface area contributed by atoms with E-state index >= 15 is 0 Å². The topological polar surface area (TPSA) is 15.3 Å². The van der Waals surface area contributed by atoms with E-state index < -0.39 is 0 Å². The molecule has 0 aliphatic rings. The van der Waals surface area contributed by atoms with Crippen LogP contribution < -0.4 is 5.32 Å². The van der Waals surface area contributed by atoms with Crippen LogP contribution in [0.25, 0.3) is 0 Å². The van der Waals surface area contributed by atoms with Crippen molar-refractivity contribution in [1.82, 2.24) is 10.2 Å². The lowest BCUT2D eigenvalue weighted by Crippen LogP contribution is -2.36. The van der Waals surface area contributed by atoms with Crippen molar-refractivity contribution in [2.75, 3.05) is 38.7 Å². The maximum Gasteiger partial charge on any atom is 0.0181 e. The van der Waals surface area contributed by atoms with Gasteiger partial charge in [-0.1, -0.05) is 20.8 Å². The van der Waals surface area contributed by atoms with Crippen LogP contribution in [-0.4, -0.2) is 49.6 Å². The van der Waals surface area contributed by atoms with Gasteiger partial charge in [-0.3, -0.25) is 0 Å². The molecule has 0 saturated heterocycles. The van der Waals surface area contributed by atoms with Gasteiger partial charge in [-0.25, -0.2) is 0 Å². The SMILES string of the molecule is CCNC(CSCCN(C)C)C(C)C. The predicted molar refractivity (Wildman–Crippen MR) is 68.2 cm³/mol. The van der Waals surface area contributed by atoms with Crippen LogP contribution in [0.2, 0.25) is 0 Å². The van der Waals surface area contributed by atoms with E-state index in [0.29, 0.717) is 6.04 Å². The summed E-state index contributed by atoms with van der Waals surface area (Å²) in [7, 11) is 4.26. The molecule has 0 radical (unpaired) electrons. The number of hydrogen-bond acceptors (Lipinski definition) is 3. The van der Waals surface area contributed by atoms with Crippen molar-refractivity contribution in [3.8, 4) is 0 Å². The summed E-state index contributed by atoms with van der Waals surface area (Å²) in [5.74, 6) is 3.21. The Morgan fingerprint density at radius 1 is 1.29 bits per heavy atom. The molecule has 3 heteroatoms. The van der Waals surface area contributed by atoms with Gasteiger partial charge in [0.15, 0.2) is 0 Å². The van der Waals surface area contributed by atoms with Crippen molar-refractivity contribution in [3.05, 3.63) is 0 Å². The van der Waals surface area contributed by atoms with E-state index in [1.165, 1.54) is 18.1 Å². The number of nitrogens with zero attached hydrogens (tertiary/aromatic N) is 1. The third-order valence-electron chi connectivity index (χ3n) is 2.25. The van der Waals surface area contributed by atoms with Gasteiger partial charge < -0.3 is 10.2 Å². The van der Waals surface area contributed by atoms with Crippen LogP contribution in [0, 0.1) is 5.92 Å². The van der Waals surface area contributed by atoms with E-state index in [1.54, 1.807) is 0 Å². The molecule has 1 atom stereocenters. The highest BCUT2D eigenvalue weighted by atomic mass is 32.2. The zero-order valence-corrected chi connectivity index (χ0v) is 11.2. The molecule has 0 bridgehead atoms. The summed E-state index contributed by atoms with van der Waals surface area (Å²) in [5.41, 5.74) is 0. The van der Waals surface area contributed by atoms with Crippen LogP contribution in [0.4, 0.5) is 0 Å². The minimum atomic E-state index is 0.673. The molecule has 1 unspecified atom stereocenters. The second-order valence-electron chi connectivity index (χ2n) is 4.29. The number of rotatable bonds is 8. The molecule has 0 amide bonds. The van der Waals surface area contributed by atoms with E-state index in [2.05, 4.69) is 56.8 Å². The summed E-state index contributed by atoms with van der Waals surface area (Å²) in [4.78, 5) is 2.24. The Balaban J connectivity index is 3.50. The van der Waals surface area contributed by atoms with Crippen LogP contribution in [0.1, 0.15) is 20.8 Å². The lowest BCUT2D eigenvalue weighted by molar-refractivity contribution is 0.433. The fourth-order valence-electron chi connectivity index (χ4n) is 1.21. The summed E-state index contributed by atoms with van der Waals surface area (Å²) in [6.07, 6.45) is 0. The first kappa shape index (κ1) is 14.3. The normalized spacial score (nSPS) is 13.9. The van der Waals surface area contributed by atoms with E-state index in [-0.39, 0.29) is 0 Å². The van der Waals surface area contributed by atoms with E-state index in [4.69, 9.17) is 0 Å². The average Bonchev–Trinajstić information content (AvgIpc) is 2.09. The largest absolute Gasteiger partial charge is 0.313 e. The third kappa shape index (κ3) is 7.65. The Hall–Kier alpha value is 0.270. The molecule has 14 heavy (non-hydrogen) atoms. The van der Waals surface area contributed by atoms with Crippen molar-refractivity contribution in [3.63, 3.8) is 0 Å². The van der Waals surface area contributed by atoms with E-state index in [0.717, 1.165) is 12.5 Å². The lowest BCUT2D eigenvalue weighted by atomic mass is 10.1. The quantitative estimate of drug-likeness (QED) is 0.627. The second-order valence-corrected chi connectivity index (χ2v) is 5.44. The lowest BCUT2D eigenvalue weighted by Gasteiger charge is -2.21. The molecule has 0 aromatic rings. The molecule has 0 aliphatic heterocycles. The number of nitrogens with one attached hydrogen (secondary N) is 1. The molecular formula is C11H26N2S. The summed E-state index contributed by atoms with van der Waals surface area (Å²) >= 11 is 2.05. The molecule has 0 rings (SSSR count). The van der Waals surface area contributed by atoms with Crippen LogP contribution in [0.3, 0.4) is 0 Å². The highest BCUT2D eigenvalue weighted by Crippen LogP contribution is 2.10. The summed E-state index contributed by atoms with van der Waals surface area (Å²) in [6.45, 7) is 9.03. The van der Waals surface area contributed by atoms with Gasteiger partial charge in [0.25, 0.3) is 0 Å². The molecule has 86 valence electrons. The van der Waals surface area contributed by atoms with Gasteiger partial charge in [0.2, 0.25) is 0 Å². The van der Waals surface area contributed by atoms with Crippen molar-refractivity contribution in [2.24, 2.45) is 5.92 Å². The van der Waals surface area contributed by atoms with Gasteiger partial charge in [0.1, 0.15) is 0 Å². The first-order valence-corrected chi connectivity index (χ1v) is 6.69. The molecule has 0 spiro atoms. The Bertz CT molecular complexity index is 126. The van der Waals surface area contributed by atoms with Crippen LogP contribution in [0.15, 0.2) is 0 Å². The molecule has 0 aromatic carbocycles. The average molecular weight is 218 g/mol. The van der Waals surface area contributed by atoms with Crippen molar-refractivity contribution >= 4 is 11.8 Å². The van der Waals surface area contributed by atoms with Gasteiger partial charge in [-0.2, -0.15) is 11.8 Å². The van der Waals surface area contributed by atoms with Gasteiger partial charge in [0.05, 0.1) is 0 Å². The standard InChI is InChI=1S/C11H26N2S/c1-6-12-11(10(2)3)9-14-8-7-13(4)5/h10-12H,6-9H2,1-5H3. The van der Waals surface area contributed by atoms with E-state index in [1.807, 2.05) is 0 Å². The molecule has 2 nitrogen and oxygen atoms in total. The van der Waals surface area contributed by atoms with Crippen molar-refractivity contribution < 1.29 is 0 Å². The first-order chi connectivity index (χ1) is 6.57. The monoisotopic (exact) mass is 218 g/mol. The third-order valence-corrected chi connectivity index (χ3v) is 3.32. The molecule has 0 aromatic heterocycles. The molecule has 0 fully saturated rings. The smallest absolute Gasteiger partial charge is 0.0181 e. The zero-order chi connectivity index (χ0) is 11.0. The molecule has 1 N–H and O–H groups in total. The minimum absolute atomic E-state index is 0.673. The Morgan fingerprint density at radius 3 is 2.36 bits per heavy atom. The molecule has 0 saturated carbocycles. The van der Waals surface area contributed by atoms with Crippen molar-refractivity contribution in [1.29, 1.82) is 0 Å². The number of thioether (sulfide) groups is 1. The van der Waals surface area contributed by atoms with Crippen molar-refractivity contribution in [2.45, 2.75) is 26.8 Å². The molecule has 0 heterocycles. The second kappa shape index (κ2) is 8.57. The van der Waals surface area contributed by atoms with Gasteiger partial charge in [-0.15, -0.1) is 0 Å². The van der Waals surface area contributed by atoms with Gasteiger partial charge in [0, 0.05) is 24.1 Å². The Kier molecular flexibility index (Phi) is 8.73. The maximum atomic E-state index is 3.54. The Labute approximate surface area is 93.8 Å². The molecular weight excluding hydrogens is 192 g/mol. The minimum Gasteiger partial charge on any atom is -0.313 e. The fourth-order valence-corrected chi connectivity index (χ4v) is 2.62. The van der Waals surface area contributed by atoms with Gasteiger partial charge >= 0.3 is 0 Å².